The van der Waals surface area contributed by atoms with Crippen molar-refractivity contribution in [3.05, 3.63) is 17.6 Å². The molecule has 0 saturated heterocycles. The van der Waals surface area contributed by atoms with Crippen molar-refractivity contribution < 1.29 is 5.21 Å². The molecule has 1 aromatic rings. The molecular weight excluding hydrogens is 242 g/mol. The Morgan fingerprint density at radius 2 is 2.16 bits per heavy atom. The zero-order chi connectivity index (χ0) is 14.4. The monoisotopic (exact) mass is 265 g/mol. The Kier molecular flexibility index (Phi) is 5.54. The summed E-state index contributed by atoms with van der Waals surface area (Å²) in [6.07, 6.45) is 1.38. The Bertz CT molecular complexity index is 445. The number of oxime groups is 1. The van der Waals surface area contributed by atoms with Crippen LogP contribution in [0.5, 0.6) is 0 Å². The summed E-state index contributed by atoms with van der Waals surface area (Å²) in [5, 5.41) is 11.6. The van der Waals surface area contributed by atoms with Crippen LogP contribution >= 0.6 is 0 Å². The van der Waals surface area contributed by atoms with Gasteiger partial charge in [-0.1, -0.05) is 12.1 Å². The third-order valence-electron chi connectivity index (χ3n) is 2.89. The molecule has 0 radical (unpaired) electrons. The second-order valence-electron chi connectivity index (χ2n) is 4.75. The number of hydrogen-bond donors (Lipinski definition) is 2. The molecule has 1 aromatic heterocycles. The lowest BCUT2D eigenvalue weighted by Crippen LogP contribution is -2.35. The van der Waals surface area contributed by atoms with Gasteiger partial charge in [0.25, 0.3) is 0 Å². The van der Waals surface area contributed by atoms with Crippen molar-refractivity contribution in [3.8, 4) is 0 Å². The average molecular weight is 265 g/mol. The van der Waals surface area contributed by atoms with E-state index in [-0.39, 0.29) is 11.9 Å². The zero-order valence-electron chi connectivity index (χ0n) is 12.1. The lowest BCUT2D eigenvalue weighted by Gasteiger charge is -2.28. The largest absolute Gasteiger partial charge is 0.409 e. The van der Waals surface area contributed by atoms with Crippen LogP contribution in [-0.4, -0.2) is 33.6 Å². The fourth-order valence-corrected chi connectivity index (χ4v) is 1.86. The quantitative estimate of drug-likeness (QED) is 0.354. The van der Waals surface area contributed by atoms with Gasteiger partial charge >= 0.3 is 0 Å². The predicted molar refractivity (Wildman–Crippen MR) is 76.7 cm³/mol. The molecule has 0 aliphatic rings. The maximum absolute atomic E-state index is 8.60. The maximum atomic E-state index is 8.60. The lowest BCUT2D eigenvalue weighted by molar-refractivity contribution is 0.317. The number of aromatic nitrogens is 2. The van der Waals surface area contributed by atoms with Gasteiger partial charge in [-0.3, -0.25) is 0 Å². The van der Waals surface area contributed by atoms with Gasteiger partial charge in [-0.15, -0.1) is 0 Å². The summed E-state index contributed by atoms with van der Waals surface area (Å²) in [6, 6.07) is 2.28. The topological polar surface area (TPSA) is 87.6 Å². The van der Waals surface area contributed by atoms with Crippen molar-refractivity contribution in [1.82, 2.24) is 9.97 Å². The highest BCUT2D eigenvalue weighted by Crippen LogP contribution is 2.16. The molecule has 0 spiro atoms. The van der Waals surface area contributed by atoms with E-state index in [1.165, 1.54) is 0 Å². The first kappa shape index (κ1) is 15.2. The third-order valence-corrected chi connectivity index (χ3v) is 2.89. The minimum absolute atomic E-state index is 0.229. The van der Waals surface area contributed by atoms with E-state index in [9.17, 15) is 0 Å². The molecule has 0 fully saturated rings. The predicted octanol–water partition coefficient (Wildman–Crippen LogP) is 1.70. The van der Waals surface area contributed by atoms with Crippen LogP contribution < -0.4 is 10.6 Å². The van der Waals surface area contributed by atoms with Crippen LogP contribution in [0.4, 0.5) is 5.82 Å². The number of amidine groups is 1. The highest BCUT2D eigenvalue weighted by molar-refractivity contribution is 5.80. The minimum atomic E-state index is 0.229. The highest BCUT2D eigenvalue weighted by Gasteiger charge is 2.14. The summed E-state index contributed by atoms with van der Waals surface area (Å²) in [4.78, 5) is 11.0. The van der Waals surface area contributed by atoms with Gasteiger partial charge in [0.15, 0.2) is 0 Å². The van der Waals surface area contributed by atoms with Gasteiger partial charge in [0.1, 0.15) is 17.5 Å². The summed E-state index contributed by atoms with van der Waals surface area (Å²) in [7, 11) is 0. The Morgan fingerprint density at radius 3 is 2.68 bits per heavy atom. The van der Waals surface area contributed by atoms with Crippen LogP contribution in [0, 0.1) is 6.92 Å². The normalized spacial score (nSPS) is 11.9. The van der Waals surface area contributed by atoms with Crippen LogP contribution in [-0.2, 0) is 6.42 Å². The molecule has 1 rings (SSSR count). The van der Waals surface area contributed by atoms with Crippen molar-refractivity contribution in [3.63, 3.8) is 0 Å². The van der Waals surface area contributed by atoms with Crippen molar-refractivity contribution in [2.45, 2.75) is 46.6 Å². The summed E-state index contributed by atoms with van der Waals surface area (Å²) < 4.78 is 0. The molecule has 106 valence electrons. The van der Waals surface area contributed by atoms with Crippen LogP contribution in [0.3, 0.4) is 0 Å². The van der Waals surface area contributed by atoms with Gasteiger partial charge in [0, 0.05) is 30.8 Å². The number of nitrogens with two attached hydrogens (primary N) is 1. The van der Waals surface area contributed by atoms with Crippen molar-refractivity contribution >= 4 is 11.7 Å². The maximum Gasteiger partial charge on any atom is 0.140 e. The molecule has 0 aromatic carbocycles. The van der Waals surface area contributed by atoms with Crippen LogP contribution in [0.1, 0.15) is 38.7 Å². The minimum Gasteiger partial charge on any atom is -0.409 e. The van der Waals surface area contributed by atoms with Crippen LogP contribution in [0.25, 0.3) is 0 Å². The third kappa shape index (κ3) is 4.39. The molecule has 0 atom stereocenters. The molecule has 0 saturated carbocycles. The Labute approximate surface area is 114 Å². The molecule has 0 aliphatic carbocycles. The molecule has 0 amide bonds. The summed E-state index contributed by atoms with van der Waals surface area (Å²) in [5.74, 6) is 1.89. The molecule has 1 heterocycles. The summed E-state index contributed by atoms with van der Waals surface area (Å²) >= 11 is 0. The van der Waals surface area contributed by atoms with E-state index >= 15 is 0 Å². The van der Waals surface area contributed by atoms with E-state index in [4.69, 9.17) is 10.9 Å². The zero-order valence-corrected chi connectivity index (χ0v) is 12.1. The van der Waals surface area contributed by atoms with Crippen molar-refractivity contribution in [2.24, 2.45) is 10.9 Å². The average Bonchev–Trinajstić information content (AvgIpc) is 2.37. The molecular formula is C13H23N5O. The molecule has 6 nitrogen and oxygen atoms in total. The summed E-state index contributed by atoms with van der Waals surface area (Å²) in [6.45, 7) is 8.81. The Hall–Kier alpha value is -1.85. The van der Waals surface area contributed by atoms with Gasteiger partial charge in [0.2, 0.25) is 0 Å². The first-order valence-electron chi connectivity index (χ1n) is 6.55. The number of hydrogen-bond acceptors (Lipinski definition) is 5. The smallest absolute Gasteiger partial charge is 0.140 e. The standard InChI is InChI=1S/C13H23N5O/c1-5-11-8-13(16-10(4)15-11)18(9(2)3)7-6-12(14)17-19/h8-9,19H,5-7H2,1-4H3,(H2,14,17). The number of nitrogens with zero attached hydrogens (tertiary/aromatic N) is 4. The molecule has 0 unspecified atom stereocenters. The van der Waals surface area contributed by atoms with E-state index in [0.717, 1.165) is 23.8 Å². The van der Waals surface area contributed by atoms with E-state index in [2.05, 4.69) is 40.8 Å². The van der Waals surface area contributed by atoms with E-state index in [1.807, 2.05) is 13.0 Å². The Balaban J connectivity index is 2.95. The summed E-state index contributed by atoms with van der Waals surface area (Å²) in [5.41, 5.74) is 6.55. The first-order valence-corrected chi connectivity index (χ1v) is 6.55. The number of rotatable bonds is 6. The van der Waals surface area contributed by atoms with E-state index < -0.39 is 0 Å². The van der Waals surface area contributed by atoms with Gasteiger partial charge in [-0.2, -0.15) is 0 Å². The first-order chi connectivity index (χ1) is 8.97. The number of anilines is 1. The van der Waals surface area contributed by atoms with Gasteiger partial charge in [0.05, 0.1) is 0 Å². The second kappa shape index (κ2) is 6.92. The second-order valence-corrected chi connectivity index (χ2v) is 4.75. The molecule has 19 heavy (non-hydrogen) atoms. The molecule has 6 heteroatoms. The van der Waals surface area contributed by atoms with Crippen molar-refractivity contribution in [2.75, 3.05) is 11.4 Å². The van der Waals surface area contributed by atoms with Crippen molar-refractivity contribution in [1.29, 1.82) is 0 Å². The highest BCUT2D eigenvalue weighted by atomic mass is 16.4. The van der Waals surface area contributed by atoms with Gasteiger partial charge < -0.3 is 15.8 Å². The van der Waals surface area contributed by atoms with Crippen LogP contribution in [0.2, 0.25) is 0 Å². The molecule has 0 aliphatic heterocycles. The molecule has 3 N–H and O–H groups in total. The van der Waals surface area contributed by atoms with E-state index in [0.29, 0.717) is 13.0 Å². The fraction of sp³-hybridized carbons (Fsp3) is 0.615. The van der Waals surface area contributed by atoms with Gasteiger partial charge in [-0.25, -0.2) is 9.97 Å². The molecule has 0 bridgehead atoms. The SMILES string of the molecule is CCc1cc(N(CCC(N)=NO)C(C)C)nc(C)n1. The number of aryl methyl sites for hydroxylation is 2. The van der Waals surface area contributed by atoms with Gasteiger partial charge in [-0.05, 0) is 27.2 Å². The fourth-order valence-electron chi connectivity index (χ4n) is 1.86. The van der Waals surface area contributed by atoms with E-state index in [1.54, 1.807) is 0 Å². The Morgan fingerprint density at radius 1 is 1.47 bits per heavy atom. The van der Waals surface area contributed by atoms with Crippen LogP contribution in [0.15, 0.2) is 11.2 Å². The lowest BCUT2D eigenvalue weighted by atomic mass is 10.2.